The summed E-state index contributed by atoms with van der Waals surface area (Å²) in [5.74, 6) is 1.24. The van der Waals surface area contributed by atoms with Crippen LogP contribution in [-0.2, 0) is 21.2 Å². The van der Waals surface area contributed by atoms with Gasteiger partial charge in [0.05, 0.1) is 12.0 Å². The number of rotatable bonds is 8. The molecule has 0 bridgehead atoms. The zero-order valence-electron chi connectivity index (χ0n) is 24.0. The number of aryl methyl sites for hydroxylation is 1. The monoisotopic (exact) mass is 582 g/mol. The van der Waals surface area contributed by atoms with Gasteiger partial charge in [0.1, 0.15) is 5.75 Å². The molecule has 4 aromatic carbocycles. The normalized spacial score (nSPS) is 22.3. The Kier molecular flexibility index (Phi) is 8.31. The van der Waals surface area contributed by atoms with Crippen LogP contribution in [0.2, 0.25) is 0 Å². The first-order valence-corrected chi connectivity index (χ1v) is 16.4. The minimum atomic E-state index is -3.60. The third-order valence-corrected chi connectivity index (χ3v) is 10.5. The van der Waals surface area contributed by atoms with Crippen LogP contribution >= 0.6 is 0 Å². The number of benzene rings is 4. The van der Waals surface area contributed by atoms with Crippen molar-refractivity contribution in [1.29, 1.82) is 0 Å². The molecular weight excluding hydrogens is 544 g/mol. The van der Waals surface area contributed by atoms with Gasteiger partial charge in [-0.05, 0) is 96.2 Å². The minimum absolute atomic E-state index is 0.0206. The molecule has 2 atom stereocenters. The Balaban J connectivity index is 1.07. The second-order valence-corrected chi connectivity index (χ2v) is 13.5. The molecule has 6 nitrogen and oxygen atoms in total. The van der Waals surface area contributed by atoms with Gasteiger partial charge in [-0.15, -0.1) is 0 Å². The zero-order chi connectivity index (χ0) is 29.1. The topological polar surface area (TPSA) is 84.5 Å². The van der Waals surface area contributed by atoms with E-state index in [9.17, 15) is 13.2 Å². The summed E-state index contributed by atoms with van der Waals surface area (Å²) < 4.78 is 34.3. The number of sulfonamides is 1. The SMILES string of the molecule is COc1ccc2c(c1)CCC(NC(=O)C1CCC(CNS(=O)(=O)c3ccc4ccccc4c3)CC1)C2c1ccccc1. The summed E-state index contributed by atoms with van der Waals surface area (Å²) in [5, 5.41) is 5.35. The predicted octanol–water partition coefficient (Wildman–Crippen LogP) is 6.20. The van der Waals surface area contributed by atoms with Crippen LogP contribution < -0.4 is 14.8 Å². The Labute approximate surface area is 248 Å². The molecular formula is C35H38N2O4S. The van der Waals surface area contributed by atoms with Crippen molar-refractivity contribution in [3.05, 3.63) is 108 Å². The lowest BCUT2D eigenvalue weighted by Crippen LogP contribution is -2.45. The maximum Gasteiger partial charge on any atom is 0.240 e. The Hall–Kier alpha value is -3.68. The second kappa shape index (κ2) is 12.3. The maximum absolute atomic E-state index is 13.5. The molecule has 1 fully saturated rings. The van der Waals surface area contributed by atoms with Crippen molar-refractivity contribution >= 4 is 26.7 Å². The van der Waals surface area contributed by atoms with Crippen LogP contribution in [0.5, 0.6) is 5.75 Å². The molecule has 2 aliphatic rings. The first-order valence-electron chi connectivity index (χ1n) is 14.9. The molecule has 6 rings (SSSR count). The largest absolute Gasteiger partial charge is 0.497 e. The molecule has 2 N–H and O–H groups in total. The fourth-order valence-electron chi connectivity index (χ4n) is 6.73. The Morgan fingerprint density at radius 2 is 1.57 bits per heavy atom. The average molecular weight is 583 g/mol. The van der Waals surface area contributed by atoms with E-state index in [1.165, 1.54) is 16.7 Å². The van der Waals surface area contributed by atoms with E-state index in [1.54, 1.807) is 19.2 Å². The van der Waals surface area contributed by atoms with E-state index in [1.807, 2.05) is 42.5 Å². The molecule has 0 radical (unpaired) electrons. The van der Waals surface area contributed by atoms with Crippen LogP contribution in [-0.4, -0.2) is 34.0 Å². The fraction of sp³-hybridized carbons (Fsp3) is 0.343. The fourth-order valence-corrected chi connectivity index (χ4v) is 7.88. The van der Waals surface area contributed by atoms with Crippen molar-refractivity contribution in [1.82, 2.24) is 10.0 Å². The van der Waals surface area contributed by atoms with Gasteiger partial charge in [-0.25, -0.2) is 13.1 Å². The first kappa shape index (κ1) is 28.4. The summed E-state index contributed by atoms with van der Waals surface area (Å²) in [4.78, 5) is 13.8. The van der Waals surface area contributed by atoms with Gasteiger partial charge < -0.3 is 10.1 Å². The standard InChI is InChI=1S/C35H38N2O4S/c1-41-30-17-19-32-29(21-30)16-20-33(34(32)26-8-3-2-4-9-26)37-35(38)27-13-11-24(12-14-27)23-36-42(39,40)31-18-15-25-7-5-6-10-28(25)22-31/h2-10,15,17-19,21-22,24,27,33-34,36H,11-14,16,20,23H2,1H3,(H,37,38). The predicted molar refractivity (Wildman–Crippen MR) is 166 cm³/mol. The van der Waals surface area contributed by atoms with Crippen molar-refractivity contribution < 1.29 is 17.9 Å². The number of methoxy groups -OCH3 is 1. The first-order chi connectivity index (χ1) is 20.4. The quantitative estimate of drug-likeness (QED) is 0.259. The van der Waals surface area contributed by atoms with Crippen LogP contribution in [0.15, 0.2) is 95.9 Å². The molecule has 1 amide bonds. The Morgan fingerprint density at radius 3 is 2.33 bits per heavy atom. The maximum atomic E-state index is 13.5. The van der Waals surface area contributed by atoms with E-state index in [0.29, 0.717) is 6.54 Å². The van der Waals surface area contributed by atoms with Crippen LogP contribution in [0.25, 0.3) is 10.8 Å². The lowest BCUT2D eigenvalue weighted by Gasteiger charge is -2.36. The molecule has 42 heavy (non-hydrogen) atoms. The van der Waals surface area contributed by atoms with Gasteiger partial charge in [-0.3, -0.25) is 4.79 Å². The van der Waals surface area contributed by atoms with Crippen molar-refractivity contribution in [2.45, 2.75) is 55.4 Å². The number of carbonyl (C=O) groups excluding carboxylic acids is 1. The van der Waals surface area contributed by atoms with E-state index in [2.05, 4.69) is 46.4 Å². The van der Waals surface area contributed by atoms with Gasteiger partial charge in [-0.1, -0.05) is 66.7 Å². The number of hydrogen-bond donors (Lipinski definition) is 2. The highest BCUT2D eigenvalue weighted by molar-refractivity contribution is 7.89. The molecule has 7 heteroatoms. The Bertz CT molecular complexity index is 1660. The molecule has 0 aromatic heterocycles. The number of carbonyl (C=O) groups is 1. The van der Waals surface area contributed by atoms with Gasteiger partial charge in [0.25, 0.3) is 0 Å². The van der Waals surface area contributed by atoms with Crippen LogP contribution in [0.4, 0.5) is 0 Å². The second-order valence-electron chi connectivity index (χ2n) is 11.7. The summed E-state index contributed by atoms with van der Waals surface area (Å²) in [7, 11) is -1.91. The highest BCUT2D eigenvalue weighted by Gasteiger charge is 2.35. The van der Waals surface area contributed by atoms with E-state index >= 15 is 0 Å². The molecule has 0 saturated heterocycles. The summed E-state index contributed by atoms with van der Waals surface area (Å²) in [6.07, 6.45) is 4.96. The highest BCUT2D eigenvalue weighted by Crippen LogP contribution is 2.39. The summed E-state index contributed by atoms with van der Waals surface area (Å²) >= 11 is 0. The number of amides is 1. The molecule has 0 spiro atoms. The third kappa shape index (κ3) is 6.08. The minimum Gasteiger partial charge on any atom is -0.497 e. The molecule has 2 unspecified atom stereocenters. The Morgan fingerprint density at radius 1 is 0.833 bits per heavy atom. The molecule has 0 aliphatic heterocycles. The van der Waals surface area contributed by atoms with E-state index < -0.39 is 10.0 Å². The smallest absolute Gasteiger partial charge is 0.240 e. The third-order valence-electron chi connectivity index (χ3n) is 9.11. The summed E-state index contributed by atoms with van der Waals surface area (Å²) in [5.41, 5.74) is 3.73. The summed E-state index contributed by atoms with van der Waals surface area (Å²) in [6, 6.07) is 29.7. The zero-order valence-corrected chi connectivity index (χ0v) is 24.8. The summed E-state index contributed by atoms with van der Waals surface area (Å²) in [6.45, 7) is 0.391. The van der Waals surface area contributed by atoms with Gasteiger partial charge in [0.15, 0.2) is 0 Å². The average Bonchev–Trinajstić information content (AvgIpc) is 3.03. The lowest BCUT2D eigenvalue weighted by atomic mass is 9.75. The van der Waals surface area contributed by atoms with Gasteiger partial charge in [-0.2, -0.15) is 0 Å². The van der Waals surface area contributed by atoms with Gasteiger partial charge >= 0.3 is 0 Å². The van der Waals surface area contributed by atoms with E-state index in [4.69, 9.17) is 4.74 Å². The van der Waals surface area contributed by atoms with Crippen molar-refractivity contribution in [3.8, 4) is 5.75 Å². The van der Waals surface area contributed by atoms with E-state index in [-0.39, 0.29) is 34.6 Å². The van der Waals surface area contributed by atoms with Crippen molar-refractivity contribution in [2.75, 3.05) is 13.7 Å². The van der Waals surface area contributed by atoms with Crippen LogP contribution in [0, 0.1) is 11.8 Å². The van der Waals surface area contributed by atoms with Crippen LogP contribution in [0.3, 0.4) is 0 Å². The van der Waals surface area contributed by atoms with Gasteiger partial charge in [0.2, 0.25) is 15.9 Å². The molecule has 2 aliphatic carbocycles. The van der Waals surface area contributed by atoms with Crippen LogP contribution in [0.1, 0.15) is 54.7 Å². The molecule has 0 heterocycles. The number of ether oxygens (including phenoxy) is 1. The molecule has 1 saturated carbocycles. The highest BCUT2D eigenvalue weighted by atomic mass is 32.2. The molecule has 4 aromatic rings. The van der Waals surface area contributed by atoms with E-state index in [0.717, 1.165) is 55.0 Å². The molecule has 218 valence electrons. The lowest BCUT2D eigenvalue weighted by molar-refractivity contribution is -0.127. The number of hydrogen-bond acceptors (Lipinski definition) is 4. The number of fused-ring (bicyclic) bond motifs is 2. The van der Waals surface area contributed by atoms with Gasteiger partial charge in [0, 0.05) is 24.4 Å². The van der Waals surface area contributed by atoms with Crippen molar-refractivity contribution in [3.63, 3.8) is 0 Å². The number of nitrogens with one attached hydrogen (secondary N) is 2. The van der Waals surface area contributed by atoms with Crippen molar-refractivity contribution in [2.24, 2.45) is 11.8 Å².